The Balaban J connectivity index is 5.16. The topological polar surface area (TPSA) is 237 Å². The van der Waals surface area contributed by atoms with Crippen LogP contribution >= 0.6 is 15.6 Å². The lowest BCUT2D eigenvalue weighted by molar-refractivity contribution is -0.161. The Kier molecular flexibility index (Phi) is 62.1. The second-order valence-corrected chi connectivity index (χ2v) is 28.7. The molecule has 0 fully saturated rings. The molecule has 17 nitrogen and oxygen atoms in total. The van der Waals surface area contributed by atoms with Crippen LogP contribution in [-0.4, -0.2) is 96.7 Å². The number of aliphatic hydroxyl groups excluding tert-OH is 1. The van der Waals surface area contributed by atoms with Gasteiger partial charge in [-0.2, -0.15) is 0 Å². The zero-order valence-corrected chi connectivity index (χ0v) is 59.4. The van der Waals surface area contributed by atoms with Crippen LogP contribution in [0.15, 0.2) is 0 Å². The Hall–Kier alpha value is -1.94. The maximum Gasteiger partial charge on any atom is 0.472 e. The SMILES string of the molecule is CCCCCCCCCCCCCCCCCC(=O)OC[C@H](COP(=O)(O)OC[C@@H](O)COP(=O)(O)OC[C@@H](COC(=O)CCCCCCC)OC(=O)CCCCCCCCCCCCCC(C)C)OC(=O)CCCCCCCCCCCCCCCCC. The highest BCUT2D eigenvalue weighted by Gasteiger charge is 2.30. The number of ether oxygens (including phenoxy) is 4. The van der Waals surface area contributed by atoms with Crippen LogP contribution in [-0.2, 0) is 65.4 Å². The van der Waals surface area contributed by atoms with Crippen molar-refractivity contribution in [2.75, 3.05) is 39.6 Å². The summed E-state index contributed by atoms with van der Waals surface area (Å²) in [5.74, 6) is -1.37. The zero-order valence-electron chi connectivity index (χ0n) is 57.6. The lowest BCUT2D eigenvalue weighted by atomic mass is 10.0. The molecule has 0 aromatic heterocycles. The van der Waals surface area contributed by atoms with Crippen LogP contribution in [0.3, 0.4) is 0 Å². The van der Waals surface area contributed by atoms with Crippen LogP contribution in [0.1, 0.15) is 362 Å². The Bertz CT molecular complexity index is 1720. The van der Waals surface area contributed by atoms with Crippen LogP contribution in [0.2, 0.25) is 0 Å². The highest BCUT2D eigenvalue weighted by molar-refractivity contribution is 7.47. The van der Waals surface area contributed by atoms with Crippen molar-refractivity contribution in [3.8, 4) is 0 Å². The van der Waals surface area contributed by atoms with E-state index in [2.05, 4.69) is 34.6 Å². The molecule has 0 aliphatic carbocycles. The van der Waals surface area contributed by atoms with Gasteiger partial charge in [0, 0.05) is 25.7 Å². The van der Waals surface area contributed by atoms with Crippen molar-refractivity contribution in [2.24, 2.45) is 5.92 Å². The average molecular weight is 1310 g/mol. The fourth-order valence-corrected chi connectivity index (χ4v) is 12.2. The van der Waals surface area contributed by atoms with E-state index < -0.39 is 97.5 Å². The van der Waals surface area contributed by atoms with Gasteiger partial charge in [-0.3, -0.25) is 37.3 Å². The molecule has 528 valence electrons. The minimum atomic E-state index is -4.95. The number of rotatable bonds is 70. The van der Waals surface area contributed by atoms with Crippen molar-refractivity contribution < 1.29 is 80.2 Å². The Morgan fingerprint density at radius 2 is 0.517 bits per heavy atom. The Morgan fingerprint density at radius 3 is 0.764 bits per heavy atom. The van der Waals surface area contributed by atoms with E-state index in [0.29, 0.717) is 25.7 Å². The summed E-state index contributed by atoms with van der Waals surface area (Å²) in [7, 11) is -9.89. The van der Waals surface area contributed by atoms with E-state index in [1.165, 1.54) is 180 Å². The van der Waals surface area contributed by atoms with Crippen LogP contribution in [0.4, 0.5) is 0 Å². The second-order valence-electron chi connectivity index (χ2n) is 25.7. The molecule has 3 N–H and O–H groups in total. The van der Waals surface area contributed by atoms with Gasteiger partial charge in [-0.05, 0) is 31.6 Å². The molecular formula is C70H136O17P2. The number of phosphoric ester groups is 2. The Labute approximate surface area is 543 Å². The highest BCUT2D eigenvalue weighted by atomic mass is 31.2. The molecule has 19 heteroatoms. The number of unbranched alkanes of at least 4 members (excludes halogenated alkanes) is 42. The molecule has 0 rings (SSSR count). The van der Waals surface area contributed by atoms with Gasteiger partial charge < -0.3 is 33.8 Å². The summed E-state index contributed by atoms with van der Waals surface area (Å²) in [5, 5.41) is 10.6. The van der Waals surface area contributed by atoms with E-state index in [4.69, 9.17) is 37.0 Å². The van der Waals surface area contributed by atoms with Crippen molar-refractivity contribution in [3.05, 3.63) is 0 Å². The van der Waals surface area contributed by atoms with Gasteiger partial charge in [0.15, 0.2) is 12.2 Å². The molecule has 0 bridgehead atoms. The third kappa shape index (κ3) is 64.6. The van der Waals surface area contributed by atoms with Crippen molar-refractivity contribution in [3.63, 3.8) is 0 Å². The predicted molar refractivity (Wildman–Crippen MR) is 358 cm³/mol. The fraction of sp³-hybridized carbons (Fsp3) is 0.943. The summed E-state index contributed by atoms with van der Waals surface area (Å²) in [6.07, 6.45) is 50.2. The molecule has 0 aliphatic heterocycles. The summed E-state index contributed by atoms with van der Waals surface area (Å²) < 4.78 is 68.1. The van der Waals surface area contributed by atoms with E-state index in [-0.39, 0.29) is 25.7 Å². The quantitative estimate of drug-likeness (QED) is 0.0222. The van der Waals surface area contributed by atoms with Gasteiger partial charge in [-0.25, -0.2) is 9.13 Å². The zero-order chi connectivity index (χ0) is 65.6. The monoisotopic (exact) mass is 1310 g/mol. The Morgan fingerprint density at radius 1 is 0.303 bits per heavy atom. The van der Waals surface area contributed by atoms with Gasteiger partial charge in [0.1, 0.15) is 19.3 Å². The molecule has 0 heterocycles. The number of esters is 4. The van der Waals surface area contributed by atoms with Crippen molar-refractivity contribution in [2.45, 2.75) is 380 Å². The molecule has 0 spiro atoms. The number of hydrogen-bond donors (Lipinski definition) is 3. The van der Waals surface area contributed by atoms with Crippen molar-refractivity contribution in [1.29, 1.82) is 0 Å². The van der Waals surface area contributed by atoms with Gasteiger partial charge in [0.2, 0.25) is 0 Å². The second kappa shape index (κ2) is 63.5. The third-order valence-electron chi connectivity index (χ3n) is 16.3. The summed E-state index contributed by atoms with van der Waals surface area (Å²) in [5.41, 5.74) is 0. The number of hydrogen-bond acceptors (Lipinski definition) is 15. The lowest BCUT2D eigenvalue weighted by Crippen LogP contribution is -2.30. The largest absolute Gasteiger partial charge is 0.472 e. The summed E-state index contributed by atoms with van der Waals surface area (Å²) in [6.45, 7) is 7.17. The van der Waals surface area contributed by atoms with Gasteiger partial charge in [-0.15, -0.1) is 0 Å². The molecule has 0 saturated heterocycles. The normalized spacial score (nSPS) is 14.1. The van der Waals surface area contributed by atoms with E-state index in [1.54, 1.807) is 0 Å². The van der Waals surface area contributed by atoms with E-state index in [0.717, 1.165) is 102 Å². The molecule has 0 aromatic rings. The fourth-order valence-electron chi connectivity index (χ4n) is 10.6. The molecule has 0 aliphatic rings. The summed E-state index contributed by atoms with van der Waals surface area (Å²) >= 11 is 0. The molecule has 0 saturated carbocycles. The van der Waals surface area contributed by atoms with E-state index in [9.17, 15) is 43.2 Å². The number of carbonyl (C=O) groups excluding carboxylic acids is 4. The van der Waals surface area contributed by atoms with Gasteiger partial charge in [-0.1, -0.05) is 311 Å². The molecule has 2 unspecified atom stereocenters. The first-order chi connectivity index (χ1) is 43.0. The van der Waals surface area contributed by atoms with Gasteiger partial charge in [0.05, 0.1) is 26.4 Å². The molecule has 89 heavy (non-hydrogen) atoms. The van der Waals surface area contributed by atoms with Crippen LogP contribution in [0.25, 0.3) is 0 Å². The molecule has 0 amide bonds. The minimum Gasteiger partial charge on any atom is -0.462 e. The first-order valence-electron chi connectivity index (χ1n) is 36.6. The van der Waals surface area contributed by atoms with Crippen LogP contribution in [0.5, 0.6) is 0 Å². The summed E-state index contributed by atoms with van der Waals surface area (Å²) in [6, 6.07) is 0. The van der Waals surface area contributed by atoms with E-state index in [1.807, 2.05) is 0 Å². The average Bonchev–Trinajstić information content (AvgIpc) is 3.57. The first-order valence-corrected chi connectivity index (χ1v) is 39.6. The highest BCUT2D eigenvalue weighted by Crippen LogP contribution is 2.45. The number of phosphoric acid groups is 2. The van der Waals surface area contributed by atoms with Crippen LogP contribution in [0, 0.1) is 5.92 Å². The lowest BCUT2D eigenvalue weighted by Gasteiger charge is -2.21. The molecule has 5 atom stereocenters. The maximum atomic E-state index is 13.0. The third-order valence-corrected chi connectivity index (χ3v) is 18.2. The predicted octanol–water partition coefficient (Wildman–Crippen LogP) is 20.1. The first kappa shape index (κ1) is 87.1. The maximum absolute atomic E-state index is 13.0. The smallest absolute Gasteiger partial charge is 0.462 e. The van der Waals surface area contributed by atoms with Crippen molar-refractivity contribution >= 4 is 39.5 Å². The van der Waals surface area contributed by atoms with Gasteiger partial charge in [0.25, 0.3) is 0 Å². The molecular weight excluding hydrogens is 1170 g/mol. The summed E-state index contributed by atoms with van der Waals surface area (Å²) in [4.78, 5) is 72.3. The minimum absolute atomic E-state index is 0.106. The van der Waals surface area contributed by atoms with Crippen LogP contribution < -0.4 is 0 Å². The van der Waals surface area contributed by atoms with E-state index >= 15 is 0 Å². The van der Waals surface area contributed by atoms with Gasteiger partial charge >= 0.3 is 39.5 Å². The molecule has 0 aromatic carbocycles. The molecule has 0 radical (unpaired) electrons. The standard InChI is InChI=1S/C70H136O17P2/c1-6-9-12-15-17-19-21-23-25-27-31-35-39-44-49-54-68(73)81-60-66(87-70(75)55-50-45-40-36-32-28-26-24-22-20-18-16-13-10-7-2)62-85-89(78,79)83-58-64(71)57-82-88(76,77)84-61-65(59-80-67(72)53-48-42-14-11-8-3)86-69(74)56-51-46-41-37-33-29-30-34-38-43-47-52-63(4)5/h63-66,71H,6-62H2,1-5H3,(H,76,77)(H,78,79)/t64-,65+,66+/m0/s1. The number of carbonyl (C=O) groups is 4. The van der Waals surface area contributed by atoms with Crippen molar-refractivity contribution in [1.82, 2.24) is 0 Å². The number of aliphatic hydroxyl groups is 1.